The van der Waals surface area contributed by atoms with Crippen LogP contribution in [0, 0.1) is 0 Å². The summed E-state index contributed by atoms with van der Waals surface area (Å²) in [5.41, 5.74) is 1.27. The van der Waals surface area contributed by atoms with Crippen LogP contribution in [0.5, 0.6) is 0 Å². The molecule has 0 spiro atoms. The van der Waals surface area contributed by atoms with E-state index in [9.17, 15) is 14.4 Å². The van der Waals surface area contributed by atoms with Gasteiger partial charge >= 0.3 is 0 Å². The van der Waals surface area contributed by atoms with Gasteiger partial charge in [0.25, 0.3) is 5.91 Å². The molecule has 2 rings (SSSR count). The third-order valence-corrected chi connectivity index (χ3v) is 2.87. The Kier molecular flexibility index (Phi) is 5.51. The van der Waals surface area contributed by atoms with Gasteiger partial charge in [-0.25, -0.2) is 0 Å². The van der Waals surface area contributed by atoms with Crippen LogP contribution in [0.2, 0.25) is 0 Å². The lowest BCUT2D eigenvalue weighted by atomic mass is 10.2. The number of anilines is 2. The summed E-state index contributed by atoms with van der Waals surface area (Å²) in [5.74, 6) is -0.535. The summed E-state index contributed by atoms with van der Waals surface area (Å²) in [5, 5.41) is 7.93. The Morgan fingerprint density at radius 3 is 2.22 bits per heavy atom. The van der Waals surface area contributed by atoms with Crippen LogP contribution in [0.3, 0.4) is 0 Å². The molecule has 0 aliphatic rings. The minimum absolute atomic E-state index is 0.139. The van der Waals surface area contributed by atoms with Gasteiger partial charge in [0, 0.05) is 31.3 Å². The van der Waals surface area contributed by atoms with Crippen LogP contribution >= 0.6 is 0 Å². The number of furan rings is 1. The SMILES string of the molecule is CC(=O)Nc1ccc(NC(=O)CCNC(=O)c2ccco2)cc1. The molecule has 0 radical (unpaired) electrons. The van der Waals surface area contributed by atoms with E-state index >= 15 is 0 Å². The molecule has 2 aromatic rings. The third-order valence-electron chi connectivity index (χ3n) is 2.87. The van der Waals surface area contributed by atoms with Crippen LogP contribution in [-0.4, -0.2) is 24.3 Å². The maximum absolute atomic E-state index is 11.8. The van der Waals surface area contributed by atoms with Crippen molar-refractivity contribution in [3.8, 4) is 0 Å². The second-order valence-electron chi connectivity index (χ2n) is 4.79. The average molecular weight is 315 g/mol. The van der Waals surface area contributed by atoms with Crippen molar-refractivity contribution >= 4 is 29.1 Å². The molecule has 0 fully saturated rings. The number of hydrogen-bond acceptors (Lipinski definition) is 4. The summed E-state index contributed by atoms with van der Waals surface area (Å²) in [4.78, 5) is 34.3. The van der Waals surface area contributed by atoms with E-state index in [-0.39, 0.29) is 36.4 Å². The van der Waals surface area contributed by atoms with E-state index in [4.69, 9.17) is 4.42 Å². The Bertz CT molecular complexity index is 678. The van der Waals surface area contributed by atoms with Crippen LogP contribution in [0.25, 0.3) is 0 Å². The molecule has 1 aromatic heterocycles. The summed E-state index contributed by atoms with van der Waals surface area (Å²) in [6.07, 6.45) is 1.55. The molecule has 0 atom stereocenters. The first-order valence-corrected chi connectivity index (χ1v) is 7.04. The molecule has 3 amide bonds. The zero-order chi connectivity index (χ0) is 16.7. The smallest absolute Gasteiger partial charge is 0.286 e. The Hall–Kier alpha value is -3.09. The van der Waals surface area contributed by atoms with E-state index in [1.165, 1.54) is 13.2 Å². The highest BCUT2D eigenvalue weighted by Crippen LogP contribution is 2.13. The zero-order valence-electron chi connectivity index (χ0n) is 12.6. The molecule has 0 saturated carbocycles. The number of carbonyl (C=O) groups excluding carboxylic acids is 3. The van der Waals surface area contributed by atoms with Crippen LogP contribution in [0.4, 0.5) is 11.4 Å². The van der Waals surface area contributed by atoms with Gasteiger partial charge in [-0.3, -0.25) is 14.4 Å². The second kappa shape index (κ2) is 7.79. The van der Waals surface area contributed by atoms with E-state index in [0.29, 0.717) is 11.4 Å². The zero-order valence-corrected chi connectivity index (χ0v) is 12.6. The van der Waals surface area contributed by atoms with Crippen molar-refractivity contribution in [1.82, 2.24) is 5.32 Å². The lowest BCUT2D eigenvalue weighted by Gasteiger charge is -2.07. The maximum atomic E-state index is 11.8. The molecule has 0 unspecified atom stereocenters. The Morgan fingerprint density at radius 2 is 1.65 bits per heavy atom. The topological polar surface area (TPSA) is 100 Å². The first-order chi connectivity index (χ1) is 11.0. The Morgan fingerprint density at radius 1 is 1.00 bits per heavy atom. The van der Waals surface area contributed by atoms with Crippen molar-refractivity contribution < 1.29 is 18.8 Å². The number of benzene rings is 1. The van der Waals surface area contributed by atoms with Gasteiger partial charge in [0.05, 0.1) is 6.26 Å². The van der Waals surface area contributed by atoms with Gasteiger partial charge in [0.1, 0.15) is 0 Å². The van der Waals surface area contributed by atoms with Gasteiger partial charge in [0.2, 0.25) is 11.8 Å². The van der Waals surface area contributed by atoms with Crippen LogP contribution < -0.4 is 16.0 Å². The van der Waals surface area contributed by atoms with Gasteiger partial charge in [-0.2, -0.15) is 0 Å². The summed E-state index contributed by atoms with van der Waals surface area (Å²) in [6, 6.07) is 9.92. The first-order valence-electron chi connectivity index (χ1n) is 7.04. The van der Waals surface area contributed by atoms with Crippen LogP contribution in [0.1, 0.15) is 23.9 Å². The molecule has 0 aliphatic heterocycles. The van der Waals surface area contributed by atoms with Gasteiger partial charge in [-0.05, 0) is 36.4 Å². The van der Waals surface area contributed by atoms with Gasteiger partial charge in [0.15, 0.2) is 5.76 Å². The largest absolute Gasteiger partial charge is 0.459 e. The Labute approximate surface area is 133 Å². The fraction of sp³-hybridized carbons (Fsp3) is 0.188. The second-order valence-corrected chi connectivity index (χ2v) is 4.79. The van der Waals surface area contributed by atoms with Crippen molar-refractivity contribution in [2.75, 3.05) is 17.2 Å². The average Bonchev–Trinajstić information content (AvgIpc) is 3.03. The molecular formula is C16H17N3O4. The predicted molar refractivity (Wildman–Crippen MR) is 85.0 cm³/mol. The highest BCUT2D eigenvalue weighted by atomic mass is 16.3. The van der Waals surface area contributed by atoms with E-state index in [2.05, 4.69) is 16.0 Å². The predicted octanol–water partition coefficient (Wildman–Crippen LogP) is 2.00. The summed E-state index contributed by atoms with van der Waals surface area (Å²) in [7, 11) is 0. The molecule has 1 heterocycles. The van der Waals surface area contributed by atoms with E-state index in [1.807, 2.05) is 0 Å². The lowest BCUT2D eigenvalue weighted by molar-refractivity contribution is -0.116. The molecule has 0 bridgehead atoms. The third kappa shape index (κ3) is 5.31. The normalized spacial score (nSPS) is 9.96. The Balaban J connectivity index is 1.74. The van der Waals surface area contributed by atoms with Crippen LogP contribution in [-0.2, 0) is 9.59 Å². The maximum Gasteiger partial charge on any atom is 0.286 e. The number of rotatable bonds is 6. The summed E-state index contributed by atoms with van der Waals surface area (Å²) < 4.78 is 4.94. The molecule has 1 aromatic carbocycles. The number of amides is 3. The molecule has 7 heteroatoms. The van der Waals surface area contributed by atoms with Gasteiger partial charge in [-0.15, -0.1) is 0 Å². The highest BCUT2D eigenvalue weighted by Gasteiger charge is 2.09. The minimum atomic E-state index is -0.359. The van der Waals surface area contributed by atoms with Gasteiger partial charge in [-0.1, -0.05) is 0 Å². The van der Waals surface area contributed by atoms with Crippen molar-refractivity contribution in [3.05, 3.63) is 48.4 Å². The molecular weight excluding hydrogens is 298 g/mol. The number of nitrogens with one attached hydrogen (secondary N) is 3. The standard InChI is InChI=1S/C16H17N3O4/c1-11(20)18-12-4-6-13(7-5-12)19-15(21)8-9-17-16(22)14-3-2-10-23-14/h2-7,10H,8-9H2,1H3,(H,17,22)(H,18,20)(H,19,21). The quantitative estimate of drug-likeness (QED) is 0.759. The van der Waals surface area contributed by atoms with Crippen molar-refractivity contribution in [3.63, 3.8) is 0 Å². The van der Waals surface area contributed by atoms with Crippen LogP contribution in [0.15, 0.2) is 47.1 Å². The molecule has 0 saturated heterocycles. The van der Waals surface area contributed by atoms with E-state index < -0.39 is 0 Å². The fourth-order valence-electron chi connectivity index (χ4n) is 1.85. The summed E-state index contributed by atoms with van der Waals surface area (Å²) in [6.45, 7) is 1.63. The molecule has 120 valence electrons. The number of hydrogen-bond donors (Lipinski definition) is 3. The molecule has 23 heavy (non-hydrogen) atoms. The van der Waals surface area contributed by atoms with Crippen molar-refractivity contribution in [2.24, 2.45) is 0 Å². The first kappa shape index (κ1) is 16.3. The van der Waals surface area contributed by atoms with E-state index in [1.54, 1.807) is 36.4 Å². The number of carbonyl (C=O) groups is 3. The molecule has 7 nitrogen and oxygen atoms in total. The van der Waals surface area contributed by atoms with E-state index in [0.717, 1.165) is 0 Å². The van der Waals surface area contributed by atoms with Crippen molar-refractivity contribution in [2.45, 2.75) is 13.3 Å². The lowest BCUT2D eigenvalue weighted by Crippen LogP contribution is -2.27. The highest BCUT2D eigenvalue weighted by molar-refractivity contribution is 5.94. The monoisotopic (exact) mass is 315 g/mol. The molecule has 3 N–H and O–H groups in total. The molecule has 0 aliphatic carbocycles. The van der Waals surface area contributed by atoms with Crippen molar-refractivity contribution in [1.29, 1.82) is 0 Å². The summed E-state index contributed by atoms with van der Waals surface area (Å²) >= 11 is 0. The fourth-order valence-corrected chi connectivity index (χ4v) is 1.85. The minimum Gasteiger partial charge on any atom is -0.459 e. The van der Waals surface area contributed by atoms with Gasteiger partial charge < -0.3 is 20.4 Å².